The number of hydrogen-bond acceptors (Lipinski definition) is 2. The molecule has 0 aliphatic heterocycles. The molecule has 1 aromatic rings. The number of nitrogens with zero attached hydrogens (tertiary/aromatic N) is 1. The van der Waals surface area contributed by atoms with E-state index in [2.05, 4.69) is 41.7 Å². The minimum Gasteiger partial charge on any atom is -0.246 e. The Morgan fingerprint density at radius 1 is 1.46 bits per heavy atom. The molecule has 0 aliphatic rings. The van der Waals surface area contributed by atoms with Gasteiger partial charge in [-0.3, -0.25) is 0 Å². The van der Waals surface area contributed by atoms with Crippen molar-refractivity contribution in [3.63, 3.8) is 0 Å². The van der Waals surface area contributed by atoms with Crippen LogP contribution in [0.25, 0.3) is 0 Å². The van der Waals surface area contributed by atoms with Gasteiger partial charge in [-0.15, -0.1) is 11.3 Å². The zero-order valence-electron chi connectivity index (χ0n) is 8.43. The average Bonchev–Trinajstić information content (AvgIpc) is 2.48. The van der Waals surface area contributed by atoms with Gasteiger partial charge in [-0.25, -0.2) is 4.98 Å². The van der Waals surface area contributed by atoms with E-state index in [9.17, 15) is 0 Å². The lowest BCUT2D eigenvalue weighted by atomic mass is 10.1. The van der Waals surface area contributed by atoms with Crippen LogP contribution in [0.1, 0.15) is 48.7 Å². The molecule has 0 saturated heterocycles. The highest BCUT2D eigenvalue weighted by Crippen LogP contribution is 2.27. The summed E-state index contributed by atoms with van der Waals surface area (Å²) < 4.78 is 0. The summed E-state index contributed by atoms with van der Waals surface area (Å²) in [4.78, 5) is 6.06. The highest BCUT2D eigenvalue weighted by molar-refractivity contribution is 9.08. The van der Waals surface area contributed by atoms with Gasteiger partial charge in [0.1, 0.15) is 0 Å². The van der Waals surface area contributed by atoms with Gasteiger partial charge in [0.25, 0.3) is 0 Å². The van der Waals surface area contributed by atoms with Crippen molar-refractivity contribution in [1.82, 2.24) is 4.98 Å². The maximum Gasteiger partial charge on any atom is 0.0931 e. The third-order valence-electron chi connectivity index (χ3n) is 1.90. The summed E-state index contributed by atoms with van der Waals surface area (Å²) in [6.45, 7) is 6.61. The number of alkyl halides is 1. The fraction of sp³-hybridized carbons (Fsp3) is 0.700. The van der Waals surface area contributed by atoms with Crippen LogP contribution < -0.4 is 0 Å². The Balaban J connectivity index is 2.90. The molecule has 0 aliphatic carbocycles. The third kappa shape index (κ3) is 2.78. The lowest BCUT2D eigenvalue weighted by Crippen LogP contribution is -1.92. The van der Waals surface area contributed by atoms with E-state index in [1.54, 1.807) is 0 Å². The van der Waals surface area contributed by atoms with Crippen LogP contribution in [0.4, 0.5) is 0 Å². The van der Waals surface area contributed by atoms with E-state index in [1.165, 1.54) is 22.0 Å². The monoisotopic (exact) mass is 261 g/mol. The molecule has 0 atom stereocenters. The SMILES string of the molecule is CCCc1nc(C(C)C)c(CBr)s1. The minimum atomic E-state index is 0.550. The van der Waals surface area contributed by atoms with Gasteiger partial charge < -0.3 is 0 Å². The van der Waals surface area contributed by atoms with Gasteiger partial charge in [0.2, 0.25) is 0 Å². The lowest BCUT2D eigenvalue weighted by molar-refractivity contribution is 0.805. The van der Waals surface area contributed by atoms with Crippen LogP contribution in [0, 0.1) is 0 Å². The molecule has 1 nitrogen and oxygen atoms in total. The third-order valence-corrected chi connectivity index (χ3v) is 3.97. The summed E-state index contributed by atoms with van der Waals surface area (Å²) >= 11 is 5.37. The number of aryl methyl sites for hydroxylation is 1. The molecule has 74 valence electrons. The molecule has 0 aromatic carbocycles. The standard InChI is InChI=1S/C10H16BrNS/c1-4-5-9-12-10(7(2)3)8(6-11)13-9/h7H,4-6H2,1-3H3. The molecule has 0 radical (unpaired) electrons. The van der Waals surface area contributed by atoms with E-state index >= 15 is 0 Å². The van der Waals surface area contributed by atoms with Crippen LogP contribution in [0.15, 0.2) is 0 Å². The van der Waals surface area contributed by atoms with Gasteiger partial charge in [-0.2, -0.15) is 0 Å². The second-order valence-corrected chi connectivity index (χ2v) is 5.18. The first-order chi connectivity index (χ1) is 6.19. The molecule has 3 heteroatoms. The number of aromatic nitrogens is 1. The second-order valence-electron chi connectivity index (χ2n) is 3.45. The van der Waals surface area contributed by atoms with Crippen LogP contribution >= 0.6 is 27.3 Å². The van der Waals surface area contributed by atoms with E-state index < -0.39 is 0 Å². The van der Waals surface area contributed by atoms with E-state index in [-0.39, 0.29) is 0 Å². The minimum absolute atomic E-state index is 0.550. The Morgan fingerprint density at radius 3 is 2.54 bits per heavy atom. The van der Waals surface area contributed by atoms with Gasteiger partial charge in [-0.05, 0) is 18.8 Å². The molecule has 13 heavy (non-hydrogen) atoms. The van der Waals surface area contributed by atoms with Crippen molar-refractivity contribution in [2.75, 3.05) is 0 Å². The molecule has 0 saturated carbocycles. The average molecular weight is 262 g/mol. The molecular formula is C10H16BrNS. The highest BCUT2D eigenvalue weighted by atomic mass is 79.9. The smallest absolute Gasteiger partial charge is 0.0931 e. The fourth-order valence-corrected chi connectivity index (χ4v) is 3.09. The Bertz CT molecular complexity index is 268. The van der Waals surface area contributed by atoms with Crippen molar-refractivity contribution in [3.8, 4) is 0 Å². The molecule has 0 bridgehead atoms. The van der Waals surface area contributed by atoms with Crippen LogP contribution in [-0.2, 0) is 11.8 Å². The Hall–Kier alpha value is 0.110. The zero-order chi connectivity index (χ0) is 9.84. The highest BCUT2D eigenvalue weighted by Gasteiger charge is 2.12. The normalized spacial score (nSPS) is 11.2. The topological polar surface area (TPSA) is 12.9 Å². The van der Waals surface area contributed by atoms with Crippen LogP contribution in [-0.4, -0.2) is 4.98 Å². The summed E-state index contributed by atoms with van der Waals surface area (Å²) in [5, 5.41) is 2.24. The Kier molecular flexibility index (Phi) is 4.39. The van der Waals surface area contributed by atoms with Gasteiger partial charge in [0.15, 0.2) is 0 Å². The maximum absolute atomic E-state index is 4.66. The van der Waals surface area contributed by atoms with Crippen LogP contribution in [0.5, 0.6) is 0 Å². The lowest BCUT2D eigenvalue weighted by Gasteiger charge is -2.01. The molecule has 0 amide bonds. The summed E-state index contributed by atoms with van der Waals surface area (Å²) in [5.74, 6) is 0.550. The largest absolute Gasteiger partial charge is 0.246 e. The number of hydrogen-bond donors (Lipinski definition) is 0. The molecule has 1 rings (SSSR count). The molecule has 1 heterocycles. The van der Waals surface area contributed by atoms with Crippen molar-refractivity contribution in [2.45, 2.75) is 44.9 Å². The quantitative estimate of drug-likeness (QED) is 0.744. The predicted molar refractivity (Wildman–Crippen MR) is 62.8 cm³/mol. The molecule has 0 N–H and O–H groups in total. The fourth-order valence-electron chi connectivity index (χ4n) is 1.28. The van der Waals surface area contributed by atoms with Gasteiger partial charge in [0.05, 0.1) is 10.7 Å². The Labute approximate surface area is 92.7 Å². The van der Waals surface area contributed by atoms with Gasteiger partial charge >= 0.3 is 0 Å². The van der Waals surface area contributed by atoms with Crippen LogP contribution in [0.2, 0.25) is 0 Å². The summed E-state index contributed by atoms with van der Waals surface area (Å²) in [7, 11) is 0. The summed E-state index contributed by atoms with van der Waals surface area (Å²) in [5.41, 5.74) is 1.28. The summed E-state index contributed by atoms with van der Waals surface area (Å²) in [6, 6.07) is 0. The Morgan fingerprint density at radius 2 is 2.15 bits per heavy atom. The van der Waals surface area contributed by atoms with Crippen molar-refractivity contribution >= 4 is 27.3 Å². The molecule has 0 unspecified atom stereocenters. The maximum atomic E-state index is 4.66. The predicted octanol–water partition coefficient (Wildman–Crippen LogP) is 4.11. The van der Waals surface area contributed by atoms with Gasteiger partial charge in [-0.1, -0.05) is 36.7 Å². The second kappa shape index (κ2) is 5.11. The van der Waals surface area contributed by atoms with E-state index in [0.717, 1.165) is 11.8 Å². The molecule has 0 spiro atoms. The van der Waals surface area contributed by atoms with E-state index in [1.807, 2.05) is 11.3 Å². The van der Waals surface area contributed by atoms with Crippen molar-refractivity contribution in [3.05, 3.63) is 15.6 Å². The first-order valence-electron chi connectivity index (χ1n) is 4.73. The number of thiazole rings is 1. The van der Waals surface area contributed by atoms with Crippen molar-refractivity contribution < 1.29 is 0 Å². The number of rotatable bonds is 4. The van der Waals surface area contributed by atoms with Crippen LogP contribution in [0.3, 0.4) is 0 Å². The first kappa shape index (κ1) is 11.2. The molecular weight excluding hydrogens is 246 g/mol. The summed E-state index contributed by atoms with van der Waals surface area (Å²) in [6.07, 6.45) is 2.31. The molecule has 1 aromatic heterocycles. The zero-order valence-corrected chi connectivity index (χ0v) is 10.8. The van der Waals surface area contributed by atoms with E-state index in [0.29, 0.717) is 5.92 Å². The number of halogens is 1. The van der Waals surface area contributed by atoms with Crippen molar-refractivity contribution in [2.24, 2.45) is 0 Å². The van der Waals surface area contributed by atoms with E-state index in [4.69, 9.17) is 0 Å². The van der Waals surface area contributed by atoms with Crippen molar-refractivity contribution in [1.29, 1.82) is 0 Å². The van der Waals surface area contributed by atoms with Gasteiger partial charge in [0, 0.05) is 10.2 Å². The first-order valence-corrected chi connectivity index (χ1v) is 6.67. The molecule has 0 fully saturated rings.